The summed E-state index contributed by atoms with van der Waals surface area (Å²) in [5.41, 5.74) is -2.37. The quantitative estimate of drug-likeness (QED) is 0.811. The zero-order valence-electron chi connectivity index (χ0n) is 16.3. The van der Waals surface area contributed by atoms with Gasteiger partial charge in [0.1, 0.15) is 0 Å². The second kappa shape index (κ2) is 7.19. The zero-order valence-corrected chi connectivity index (χ0v) is 16.3. The first kappa shape index (κ1) is 20.0. The highest BCUT2D eigenvalue weighted by molar-refractivity contribution is 5.90. The highest BCUT2D eigenvalue weighted by Crippen LogP contribution is 2.42. The van der Waals surface area contributed by atoms with Crippen molar-refractivity contribution in [2.75, 3.05) is 18.0 Å². The van der Waals surface area contributed by atoms with Gasteiger partial charge >= 0.3 is 5.69 Å². The number of aromatic nitrogens is 2. The Labute approximate surface area is 165 Å². The van der Waals surface area contributed by atoms with Crippen molar-refractivity contribution < 1.29 is 18.3 Å². The standard InChI is InChI=1S/C20H24F3N3O3/c1-3-10-6-7-25(8-12(10)27)17-9(2)16-14(13(15(17)21)18(22)23)19(28)24-20(29)26(16)11-4-5-11/h10-12,18,27H,3-8H2,1-2H3,(H,24,28,29). The lowest BCUT2D eigenvalue weighted by atomic mass is 9.90. The molecule has 6 nitrogen and oxygen atoms in total. The molecule has 2 aliphatic rings. The van der Waals surface area contributed by atoms with Gasteiger partial charge in [0, 0.05) is 24.7 Å². The lowest BCUT2D eigenvalue weighted by Crippen LogP contribution is -2.44. The summed E-state index contributed by atoms with van der Waals surface area (Å²) in [5.74, 6) is -1.09. The monoisotopic (exact) mass is 411 g/mol. The first-order valence-corrected chi connectivity index (χ1v) is 9.97. The number of fused-ring (bicyclic) bond motifs is 1. The van der Waals surface area contributed by atoms with Crippen LogP contribution in [0.1, 0.15) is 56.2 Å². The van der Waals surface area contributed by atoms with Crippen molar-refractivity contribution in [2.24, 2.45) is 5.92 Å². The van der Waals surface area contributed by atoms with E-state index >= 15 is 4.39 Å². The molecule has 1 saturated heterocycles. The van der Waals surface area contributed by atoms with Crippen LogP contribution in [0.15, 0.2) is 9.59 Å². The molecule has 2 heterocycles. The predicted molar refractivity (Wildman–Crippen MR) is 103 cm³/mol. The van der Waals surface area contributed by atoms with Crippen molar-refractivity contribution in [3.05, 3.63) is 37.8 Å². The maximum atomic E-state index is 15.4. The van der Waals surface area contributed by atoms with Crippen LogP contribution in [-0.2, 0) is 0 Å². The molecular weight excluding hydrogens is 387 g/mol. The number of aliphatic hydroxyl groups is 1. The van der Waals surface area contributed by atoms with Crippen LogP contribution in [0.25, 0.3) is 10.9 Å². The minimum Gasteiger partial charge on any atom is -0.391 e. The van der Waals surface area contributed by atoms with Gasteiger partial charge in [-0.25, -0.2) is 18.0 Å². The zero-order chi connectivity index (χ0) is 21.0. The van der Waals surface area contributed by atoms with Gasteiger partial charge in [0.2, 0.25) is 0 Å². The summed E-state index contributed by atoms with van der Waals surface area (Å²) in [6, 6.07) is -0.194. The Bertz CT molecular complexity index is 1070. The van der Waals surface area contributed by atoms with Crippen molar-refractivity contribution >= 4 is 16.6 Å². The molecule has 9 heteroatoms. The molecule has 2 atom stereocenters. The van der Waals surface area contributed by atoms with Crippen molar-refractivity contribution in [3.8, 4) is 0 Å². The van der Waals surface area contributed by atoms with Crippen LogP contribution in [0.2, 0.25) is 0 Å². The van der Waals surface area contributed by atoms with Gasteiger partial charge in [0.25, 0.3) is 12.0 Å². The summed E-state index contributed by atoms with van der Waals surface area (Å²) in [6.45, 7) is 4.02. The molecule has 2 fully saturated rings. The molecule has 0 spiro atoms. The van der Waals surface area contributed by atoms with E-state index in [0.29, 0.717) is 25.8 Å². The molecule has 1 aromatic heterocycles. The molecule has 0 radical (unpaired) electrons. The number of nitrogens with one attached hydrogen (secondary N) is 1. The van der Waals surface area contributed by atoms with E-state index in [1.54, 1.807) is 11.8 Å². The van der Waals surface area contributed by atoms with Crippen LogP contribution in [-0.4, -0.2) is 33.9 Å². The van der Waals surface area contributed by atoms with Gasteiger partial charge < -0.3 is 10.0 Å². The molecule has 0 amide bonds. The minimum absolute atomic E-state index is 0.0548. The van der Waals surface area contributed by atoms with Crippen molar-refractivity contribution in [1.82, 2.24) is 9.55 Å². The highest BCUT2D eigenvalue weighted by Gasteiger charge is 2.35. The van der Waals surface area contributed by atoms with E-state index in [1.807, 2.05) is 6.92 Å². The van der Waals surface area contributed by atoms with Crippen LogP contribution < -0.4 is 16.1 Å². The molecule has 158 valence electrons. The van der Waals surface area contributed by atoms with Gasteiger partial charge in [0.15, 0.2) is 5.82 Å². The van der Waals surface area contributed by atoms with Gasteiger partial charge in [-0.15, -0.1) is 0 Å². The molecule has 4 rings (SSSR count). The van der Waals surface area contributed by atoms with Gasteiger partial charge in [-0.3, -0.25) is 14.3 Å². The Morgan fingerprint density at radius 2 is 1.93 bits per heavy atom. The number of benzene rings is 1. The van der Waals surface area contributed by atoms with Crippen LogP contribution in [0.3, 0.4) is 0 Å². The van der Waals surface area contributed by atoms with E-state index in [2.05, 4.69) is 4.98 Å². The number of aryl methyl sites for hydroxylation is 1. The minimum atomic E-state index is -3.22. The number of hydrogen-bond donors (Lipinski definition) is 2. The predicted octanol–water partition coefficient (Wildman–Crippen LogP) is 3.01. The van der Waals surface area contributed by atoms with Gasteiger partial charge in [-0.1, -0.05) is 13.3 Å². The maximum absolute atomic E-state index is 15.4. The number of anilines is 1. The third kappa shape index (κ3) is 3.15. The number of β-amino-alcohol motifs (C(OH)–C–C–N with tert-alkyl or cyclic N) is 1. The molecular formula is C20H24F3N3O3. The molecule has 2 unspecified atom stereocenters. The number of piperidine rings is 1. The highest BCUT2D eigenvalue weighted by atomic mass is 19.3. The number of aliphatic hydroxyl groups excluding tert-OH is 1. The van der Waals surface area contributed by atoms with Crippen molar-refractivity contribution in [3.63, 3.8) is 0 Å². The van der Waals surface area contributed by atoms with Crippen LogP contribution in [0.5, 0.6) is 0 Å². The molecule has 0 bridgehead atoms. The van der Waals surface area contributed by atoms with Crippen LogP contribution in [0.4, 0.5) is 18.9 Å². The topological polar surface area (TPSA) is 78.3 Å². The molecule has 1 saturated carbocycles. The Morgan fingerprint density at radius 1 is 1.24 bits per heavy atom. The normalized spacial score (nSPS) is 22.7. The van der Waals surface area contributed by atoms with Crippen LogP contribution >= 0.6 is 0 Å². The lowest BCUT2D eigenvalue weighted by molar-refractivity contribution is 0.0905. The average Bonchev–Trinajstić information content (AvgIpc) is 3.47. The summed E-state index contributed by atoms with van der Waals surface area (Å²) in [7, 11) is 0. The van der Waals surface area contributed by atoms with Gasteiger partial charge in [0.05, 0.1) is 28.3 Å². The smallest absolute Gasteiger partial charge is 0.329 e. The van der Waals surface area contributed by atoms with Crippen LogP contribution in [0, 0.1) is 18.7 Å². The second-order valence-corrected chi connectivity index (χ2v) is 8.06. The van der Waals surface area contributed by atoms with Crippen molar-refractivity contribution in [2.45, 2.75) is 58.1 Å². The maximum Gasteiger partial charge on any atom is 0.329 e. The SMILES string of the molecule is CCC1CCN(c2c(F)c(C(F)F)c3c(=O)[nH]c(=O)n(C4CC4)c3c2C)CC1O. The molecule has 1 aromatic carbocycles. The fourth-order valence-corrected chi connectivity index (χ4v) is 4.60. The van der Waals surface area contributed by atoms with E-state index in [-0.39, 0.29) is 35.3 Å². The number of aromatic amines is 1. The summed E-state index contributed by atoms with van der Waals surface area (Å²) in [5, 5.41) is 9.93. The van der Waals surface area contributed by atoms with E-state index in [4.69, 9.17) is 0 Å². The molecule has 2 aromatic rings. The molecule has 2 N–H and O–H groups in total. The number of H-pyrrole nitrogens is 1. The number of alkyl halides is 2. The third-order valence-electron chi connectivity index (χ3n) is 6.26. The first-order chi connectivity index (χ1) is 13.8. The fourth-order valence-electron chi connectivity index (χ4n) is 4.60. The molecule has 29 heavy (non-hydrogen) atoms. The largest absolute Gasteiger partial charge is 0.391 e. The molecule has 1 aliphatic heterocycles. The Morgan fingerprint density at radius 3 is 2.48 bits per heavy atom. The summed E-state index contributed by atoms with van der Waals surface area (Å²) < 4.78 is 44.5. The van der Waals surface area contributed by atoms with E-state index < -0.39 is 40.5 Å². The van der Waals surface area contributed by atoms with E-state index in [0.717, 1.165) is 6.42 Å². The van der Waals surface area contributed by atoms with Gasteiger partial charge in [-0.2, -0.15) is 0 Å². The van der Waals surface area contributed by atoms with Crippen molar-refractivity contribution in [1.29, 1.82) is 0 Å². The van der Waals surface area contributed by atoms with E-state index in [1.165, 1.54) is 4.57 Å². The fraction of sp³-hybridized carbons (Fsp3) is 0.600. The summed E-state index contributed by atoms with van der Waals surface area (Å²) >= 11 is 0. The summed E-state index contributed by atoms with van der Waals surface area (Å²) in [6.07, 6.45) is -1.17. The Balaban J connectivity index is 2.02. The average molecular weight is 411 g/mol. The van der Waals surface area contributed by atoms with E-state index in [9.17, 15) is 23.5 Å². The Hall–Kier alpha value is -2.29. The third-order valence-corrected chi connectivity index (χ3v) is 6.26. The Kier molecular flexibility index (Phi) is 4.96. The number of hydrogen-bond acceptors (Lipinski definition) is 4. The second-order valence-electron chi connectivity index (χ2n) is 8.06. The summed E-state index contributed by atoms with van der Waals surface area (Å²) in [4.78, 5) is 28.5. The number of halogens is 3. The lowest BCUT2D eigenvalue weighted by Gasteiger charge is -2.38. The molecule has 1 aliphatic carbocycles. The first-order valence-electron chi connectivity index (χ1n) is 9.97. The number of nitrogens with zero attached hydrogens (tertiary/aromatic N) is 2. The number of rotatable bonds is 4. The van der Waals surface area contributed by atoms with Gasteiger partial charge in [-0.05, 0) is 32.1 Å².